The molecule has 4 aliphatic rings. The molecule has 1 aromatic rings. The van der Waals surface area contributed by atoms with E-state index >= 15 is 0 Å². The van der Waals surface area contributed by atoms with E-state index in [4.69, 9.17) is 4.74 Å². The van der Waals surface area contributed by atoms with Crippen molar-refractivity contribution >= 4 is 11.8 Å². The number of fused-ring (bicyclic) bond motifs is 1. The molecule has 1 aromatic carbocycles. The van der Waals surface area contributed by atoms with Crippen LogP contribution in [0.4, 0.5) is 10.5 Å². The van der Waals surface area contributed by atoms with Crippen LogP contribution in [-0.4, -0.2) is 41.8 Å². The van der Waals surface area contributed by atoms with Crippen molar-refractivity contribution in [2.75, 3.05) is 18.0 Å². The van der Waals surface area contributed by atoms with Gasteiger partial charge in [-0.25, -0.2) is 4.79 Å². The summed E-state index contributed by atoms with van der Waals surface area (Å²) in [6, 6.07) is 9.47. The van der Waals surface area contributed by atoms with Crippen LogP contribution >= 0.6 is 0 Å². The Bertz CT molecular complexity index is 800. The third-order valence-electron chi connectivity index (χ3n) is 8.15. The quantitative estimate of drug-likeness (QED) is 0.677. The number of piperidine rings is 1. The van der Waals surface area contributed by atoms with Gasteiger partial charge in [-0.05, 0) is 89.4 Å². The van der Waals surface area contributed by atoms with Crippen LogP contribution < -0.4 is 4.90 Å². The fraction of sp³-hybridized carbons (Fsp3) is 0.708. The molecule has 1 amide bonds. The minimum absolute atomic E-state index is 0.0716. The zero-order chi connectivity index (χ0) is 19.7. The molecular formula is C24H34N2O2. The van der Waals surface area contributed by atoms with E-state index in [1.165, 1.54) is 50.8 Å². The Morgan fingerprint density at radius 3 is 2.71 bits per heavy atom. The lowest BCUT2D eigenvalue weighted by Crippen LogP contribution is -2.65. The van der Waals surface area contributed by atoms with Crippen molar-refractivity contribution in [2.24, 2.45) is 5.41 Å². The molecule has 2 saturated heterocycles. The van der Waals surface area contributed by atoms with E-state index in [0.29, 0.717) is 11.5 Å². The average molecular weight is 383 g/mol. The Morgan fingerprint density at radius 1 is 1.18 bits per heavy atom. The minimum atomic E-state index is -0.476. The van der Waals surface area contributed by atoms with Crippen LogP contribution in [0, 0.1) is 5.41 Å². The molecule has 1 spiro atoms. The molecule has 3 heterocycles. The first-order chi connectivity index (χ1) is 13.3. The molecule has 152 valence electrons. The Balaban J connectivity index is 1.65. The number of ether oxygens (including phenoxy) is 1. The van der Waals surface area contributed by atoms with Gasteiger partial charge < -0.3 is 4.74 Å². The van der Waals surface area contributed by atoms with Gasteiger partial charge in [0.05, 0.1) is 11.7 Å². The predicted molar refractivity (Wildman–Crippen MR) is 112 cm³/mol. The van der Waals surface area contributed by atoms with Crippen LogP contribution in [-0.2, 0) is 10.2 Å². The normalized spacial score (nSPS) is 36.6. The smallest absolute Gasteiger partial charge is 0.415 e. The van der Waals surface area contributed by atoms with Crippen LogP contribution in [0.5, 0.6) is 0 Å². The Kier molecular flexibility index (Phi) is 3.94. The number of amides is 1. The second kappa shape index (κ2) is 5.98. The summed E-state index contributed by atoms with van der Waals surface area (Å²) >= 11 is 0. The first kappa shape index (κ1) is 18.5. The van der Waals surface area contributed by atoms with Gasteiger partial charge in [-0.3, -0.25) is 9.80 Å². The minimum Gasteiger partial charge on any atom is -0.443 e. The highest BCUT2D eigenvalue weighted by molar-refractivity contribution is 5.93. The number of carbonyl (C=O) groups excluding carboxylic acids is 1. The van der Waals surface area contributed by atoms with Crippen molar-refractivity contribution in [2.45, 2.75) is 89.3 Å². The first-order valence-corrected chi connectivity index (χ1v) is 11.2. The fourth-order valence-corrected chi connectivity index (χ4v) is 7.31. The van der Waals surface area contributed by atoms with Gasteiger partial charge in [0, 0.05) is 11.5 Å². The van der Waals surface area contributed by atoms with Crippen molar-refractivity contribution in [3.05, 3.63) is 29.8 Å². The van der Waals surface area contributed by atoms with Crippen LogP contribution in [0.2, 0.25) is 0 Å². The number of para-hydroxylation sites is 1. The molecule has 4 atom stereocenters. The van der Waals surface area contributed by atoms with E-state index in [1.807, 2.05) is 25.7 Å². The van der Waals surface area contributed by atoms with Gasteiger partial charge >= 0.3 is 6.09 Å². The third kappa shape index (κ3) is 2.30. The van der Waals surface area contributed by atoms with E-state index in [1.54, 1.807) is 0 Å². The number of nitrogens with zero attached hydrogens (tertiary/aromatic N) is 2. The van der Waals surface area contributed by atoms with Crippen LogP contribution in [0.3, 0.4) is 0 Å². The second-order valence-corrected chi connectivity index (χ2v) is 10.5. The number of anilines is 1. The molecule has 0 radical (unpaired) electrons. The first-order valence-electron chi connectivity index (χ1n) is 11.2. The summed E-state index contributed by atoms with van der Waals surface area (Å²) in [7, 11) is 0. The average Bonchev–Trinajstić information content (AvgIpc) is 3.18. The number of rotatable bonds is 1. The van der Waals surface area contributed by atoms with E-state index in [9.17, 15) is 4.79 Å². The van der Waals surface area contributed by atoms with E-state index in [2.05, 4.69) is 36.1 Å². The molecule has 1 saturated carbocycles. The monoisotopic (exact) mass is 382 g/mol. The molecule has 0 unspecified atom stereocenters. The van der Waals surface area contributed by atoms with Gasteiger partial charge in [0.15, 0.2) is 0 Å². The molecule has 0 bridgehead atoms. The number of benzene rings is 1. The zero-order valence-corrected chi connectivity index (χ0v) is 17.8. The predicted octanol–water partition coefficient (Wildman–Crippen LogP) is 5.11. The molecule has 28 heavy (non-hydrogen) atoms. The van der Waals surface area contributed by atoms with Gasteiger partial charge in [-0.2, -0.15) is 0 Å². The molecule has 4 nitrogen and oxygen atoms in total. The molecule has 5 rings (SSSR count). The molecule has 0 aromatic heterocycles. The molecule has 1 aliphatic carbocycles. The molecule has 3 fully saturated rings. The van der Waals surface area contributed by atoms with Gasteiger partial charge in [0.2, 0.25) is 0 Å². The highest BCUT2D eigenvalue weighted by atomic mass is 16.6. The molecular weight excluding hydrogens is 348 g/mol. The number of carbonyl (C=O) groups is 1. The van der Waals surface area contributed by atoms with E-state index in [0.717, 1.165) is 12.1 Å². The van der Waals surface area contributed by atoms with Crippen molar-refractivity contribution in [1.82, 2.24) is 4.90 Å². The summed E-state index contributed by atoms with van der Waals surface area (Å²) in [5, 5.41) is 0. The lowest BCUT2D eigenvalue weighted by molar-refractivity contribution is -0.0351. The van der Waals surface area contributed by atoms with Crippen molar-refractivity contribution in [3.8, 4) is 0 Å². The Hall–Kier alpha value is -1.55. The fourth-order valence-electron chi connectivity index (χ4n) is 7.31. The molecule has 3 aliphatic heterocycles. The summed E-state index contributed by atoms with van der Waals surface area (Å²) in [5.41, 5.74) is 2.50. The van der Waals surface area contributed by atoms with Gasteiger partial charge in [0.25, 0.3) is 0 Å². The summed E-state index contributed by atoms with van der Waals surface area (Å²) in [6.07, 6.45) is 7.23. The third-order valence-corrected chi connectivity index (χ3v) is 8.15. The summed E-state index contributed by atoms with van der Waals surface area (Å²) < 4.78 is 5.89. The Labute approximate surface area is 169 Å². The summed E-state index contributed by atoms with van der Waals surface area (Å²) in [4.78, 5) is 18.2. The zero-order valence-electron chi connectivity index (χ0n) is 17.8. The topological polar surface area (TPSA) is 32.8 Å². The van der Waals surface area contributed by atoms with Crippen LogP contribution in [0.25, 0.3) is 0 Å². The Morgan fingerprint density at radius 2 is 1.96 bits per heavy atom. The maximum Gasteiger partial charge on any atom is 0.415 e. The van der Waals surface area contributed by atoms with Crippen LogP contribution in [0.15, 0.2) is 24.3 Å². The standard InChI is InChI=1S/C24H34N2O2/c1-5-23-12-8-15-25-16-14-24(20(23)25)17-9-6-7-10-18(17)26(19(24)11-13-23)21(27)28-22(2,3)4/h6-7,9-10,19-20H,5,8,11-16H2,1-4H3/t19-,20-,23-,24-/m1/s1. The molecule has 4 heteroatoms. The number of hydrogen-bond donors (Lipinski definition) is 0. The van der Waals surface area contributed by atoms with Crippen molar-refractivity contribution in [1.29, 1.82) is 0 Å². The lowest BCUT2D eigenvalue weighted by Gasteiger charge is -2.58. The SMILES string of the molecule is CC[C@@]12CCCN3CC[C@]4(c5ccccc5N(C(=O)OC(C)(C)C)[C@@H]4CC1)[C@H]32. The van der Waals surface area contributed by atoms with Crippen LogP contribution in [0.1, 0.15) is 71.8 Å². The molecule has 0 N–H and O–H groups in total. The van der Waals surface area contributed by atoms with Gasteiger partial charge in [-0.1, -0.05) is 25.1 Å². The van der Waals surface area contributed by atoms with Crippen molar-refractivity contribution in [3.63, 3.8) is 0 Å². The van der Waals surface area contributed by atoms with E-state index < -0.39 is 5.60 Å². The largest absolute Gasteiger partial charge is 0.443 e. The highest BCUT2D eigenvalue weighted by Crippen LogP contribution is 2.65. The summed E-state index contributed by atoms with van der Waals surface area (Å²) in [6.45, 7) is 10.7. The van der Waals surface area contributed by atoms with Gasteiger partial charge in [0.1, 0.15) is 5.60 Å². The maximum atomic E-state index is 13.3. The second-order valence-electron chi connectivity index (χ2n) is 10.5. The summed E-state index contributed by atoms with van der Waals surface area (Å²) in [5.74, 6) is 0. The maximum absolute atomic E-state index is 13.3. The highest BCUT2D eigenvalue weighted by Gasteiger charge is 2.68. The van der Waals surface area contributed by atoms with Crippen molar-refractivity contribution < 1.29 is 9.53 Å². The van der Waals surface area contributed by atoms with E-state index in [-0.39, 0.29) is 17.6 Å². The van der Waals surface area contributed by atoms with Gasteiger partial charge in [-0.15, -0.1) is 0 Å². The number of hydrogen-bond acceptors (Lipinski definition) is 3. The lowest BCUT2D eigenvalue weighted by atomic mass is 9.52.